The van der Waals surface area contributed by atoms with Crippen LogP contribution in [0.25, 0.3) is 17.2 Å². The molecule has 0 atom stereocenters. The van der Waals surface area contributed by atoms with Crippen molar-refractivity contribution in [3.8, 4) is 16.9 Å². The molecule has 0 N–H and O–H groups in total. The normalized spacial score (nSPS) is 14.5. The number of aliphatic carboxylic acids is 1. The Morgan fingerprint density at radius 1 is 1.07 bits per heavy atom. The number of allylic oxidation sites excluding steroid dienone is 4. The third-order valence-electron chi connectivity index (χ3n) is 4.39. The van der Waals surface area contributed by atoms with Crippen LogP contribution in [0.5, 0.6) is 5.75 Å². The maximum absolute atomic E-state index is 10.5. The molecule has 0 aromatic heterocycles. The number of carboxylic acid groups (broad SMARTS) is 1. The van der Waals surface area contributed by atoms with Crippen molar-refractivity contribution in [3.63, 3.8) is 0 Å². The zero-order valence-electron chi connectivity index (χ0n) is 15.4. The quantitative estimate of drug-likeness (QED) is 0.591. The van der Waals surface area contributed by atoms with Crippen LogP contribution in [-0.4, -0.2) is 12.6 Å². The molecule has 0 aliphatic carbocycles. The summed E-state index contributed by atoms with van der Waals surface area (Å²) < 4.78 is 5.90. The highest BCUT2D eigenvalue weighted by Crippen LogP contribution is 2.32. The zero-order valence-corrected chi connectivity index (χ0v) is 15.4. The van der Waals surface area contributed by atoms with Gasteiger partial charge in [0.05, 0.1) is 5.97 Å². The number of benzene rings is 2. The van der Waals surface area contributed by atoms with Crippen LogP contribution in [0.15, 0.2) is 89.6 Å². The maximum atomic E-state index is 10.5. The maximum Gasteiger partial charge on any atom is 0.127 e. The molecule has 1 heterocycles. The summed E-state index contributed by atoms with van der Waals surface area (Å²) in [4.78, 5) is 10.5. The van der Waals surface area contributed by atoms with E-state index in [0.717, 1.165) is 34.1 Å². The van der Waals surface area contributed by atoms with Gasteiger partial charge < -0.3 is 14.6 Å². The Morgan fingerprint density at radius 3 is 2.59 bits per heavy atom. The summed E-state index contributed by atoms with van der Waals surface area (Å²) in [6.45, 7) is 4.25. The topological polar surface area (TPSA) is 49.4 Å². The van der Waals surface area contributed by atoms with Crippen LogP contribution in [0.2, 0.25) is 0 Å². The Bertz CT molecular complexity index is 960. The molecule has 136 valence electrons. The highest BCUT2D eigenvalue weighted by Gasteiger charge is 2.13. The average Bonchev–Trinajstić information content (AvgIpc) is 2.67. The van der Waals surface area contributed by atoms with Crippen LogP contribution in [-0.2, 0) is 4.79 Å². The van der Waals surface area contributed by atoms with Crippen molar-refractivity contribution in [2.45, 2.75) is 13.8 Å². The first kappa shape index (κ1) is 18.5. The van der Waals surface area contributed by atoms with E-state index >= 15 is 0 Å². The smallest absolute Gasteiger partial charge is 0.127 e. The summed E-state index contributed by atoms with van der Waals surface area (Å²) in [6, 6.07) is 16.5. The van der Waals surface area contributed by atoms with Gasteiger partial charge in [-0.05, 0) is 66.0 Å². The molecule has 1 aliphatic heterocycles. The van der Waals surface area contributed by atoms with Crippen LogP contribution in [0.4, 0.5) is 0 Å². The first-order chi connectivity index (χ1) is 13.0. The van der Waals surface area contributed by atoms with Gasteiger partial charge in [-0.15, -0.1) is 0 Å². The molecule has 0 saturated heterocycles. The molecular weight excluding hydrogens is 336 g/mol. The van der Waals surface area contributed by atoms with Gasteiger partial charge in [-0.1, -0.05) is 54.6 Å². The van der Waals surface area contributed by atoms with E-state index in [1.165, 1.54) is 5.56 Å². The summed E-state index contributed by atoms with van der Waals surface area (Å²) in [5.41, 5.74) is 6.18. The minimum absolute atomic E-state index is 0.516. The second-order valence-corrected chi connectivity index (χ2v) is 6.49. The molecule has 27 heavy (non-hydrogen) atoms. The van der Waals surface area contributed by atoms with Crippen molar-refractivity contribution < 1.29 is 14.6 Å². The number of carbonyl (C=O) groups is 1. The Balaban J connectivity index is 1.83. The van der Waals surface area contributed by atoms with E-state index in [0.29, 0.717) is 12.2 Å². The number of hydrogen-bond donors (Lipinski definition) is 0. The third-order valence-corrected chi connectivity index (χ3v) is 4.39. The van der Waals surface area contributed by atoms with Gasteiger partial charge in [-0.25, -0.2) is 0 Å². The zero-order chi connectivity index (χ0) is 19.2. The van der Waals surface area contributed by atoms with Crippen LogP contribution < -0.4 is 9.84 Å². The van der Waals surface area contributed by atoms with Crippen LogP contribution in [0, 0.1) is 0 Å². The van der Waals surface area contributed by atoms with E-state index in [9.17, 15) is 9.90 Å². The number of rotatable bonds is 5. The predicted molar refractivity (Wildman–Crippen MR) is 107 cm³/mol. The molecular formula is C24H21O3-. The van der Waals surface area contributed by atoms with Gasteiger partial charge in [0.15, 0.2) is 0 Å². The molecule has 0 amide bonds. The molecule has 0 fully saturated rings. The van der Waals surface area contributed by atoms with E-state index in [2.05, 4.69) is 30.3 Å². The lowest BCUT2D eigenvalue weighted by atomic mass is 9.97. The van der Waals surface area contributed by atoms with Crippen LogP contribution in [0.1, 0.15) is 19.4 Å². The summed E-state index contributed by atoms with van der Waals surface area (Å²) in [5, 5.41) is 10.5. The van der Waals surface area contributed by atoms with E-state index < -0.39 is 5.97 Å². The lowest BCUT2D eigenvalue weighted by molar-refractivity contribution is -0.297. The molecule has 1 aliphatic rings. The molecule has 0 unspecified atom stereocenters. The van der Waals surface area contributed by atoms with Gasteiger partial charge in [0.1, 0.15) is 12.4 Å². The molecule has 0 bridgehead atoms. The lowest BCUT2D eigenvalue weighted by Crippen LogP contribution is -2.19. The fourth-order valence-electron chi connectivity index (χ4n) is 2.90. The van der Waals surface area contributed by atoms with E-state index in [-0.39, 0.29) is 0 Å². The lowest BCUT2D eigenvalue weighted by Gasteiger charge is -2.19. The van der Waals surface area contributed by atoms with Crippen LogP contribution >= 0.6 is 0 Å². The van der Waals surface area contributed by atoms with Crippen molar-refractivity contribution >= 4 is 12.0 Å². The molecule has 0 saturated carbocycles. The highest BCUT2D eigenvalue weighted by molar-refractivity contribution is 5.79. The Morgan fingerprint density at radius 2 is 1.85 bits per heavy atom. The molecule has 3 heteroatoms. The monoisotopic (exact) mass is 357 g/mol. The van der Waals surface area contributed by atoms with Crippen molar-refractivity contribution in [2.75, 3.05) is 6.61 Å². The van der Waals surface area contributed by atoms with Gasteiger partial charge in [0.2, 0.25) is 0 Å². The van der Waals surface area contributed by atoms with Crippen molar-refractivity contribution in [1.82, 2.24) is 0 Å². The number of hydrogen-bond acceptors (Lipinski definition) is 3. The molecule has 2 aromatic carbocycles. The van der Waals surface area contributed by atoms with Gasteiger partial charge >= 0.3 is 0 Å². The Kier molecular flexibility index (Phi) is 5.72. The predicted octanol–water partition coefficient (Wildman–Crippen LogP) is 4.33. The van der Waals surface area contributed by atoms with Gasteiger partial charge in [0, 0.05) is 5.56 Å². The standard InChI is InChI=1S/C24H22O3/c1-17(13-24(25)26)7-6-8-18(2)22-15-21-14-20(11-12-23(21)27-16-22)19-9-4-3-5-10-19/h3-15H,16H2,1-2H3,(H,25,26)/p-1/b7-6+,17-13-,18-8+. The number of ether oxygens (including phenoxy) is 1. The largest absolute Gasteiger partial charge is 0.545 e. The second kappa shape index (κ2) is 8.37. The fourth-order valence-corrected chi connectivity index (χ4v) is 2.90. The minimum atomic E-state index is -1.19. The van der Waals surface area contributed by atoms with E-state index in [4.69, 9.17) is 4.74 Å². The summed E-state index contributed by atoms with van der Waals surface area (Å²) in [6.07, 6.45) is 8.75. The highest BCUT2D eigenvalue weighted by atomic mass is 16.5. The Labute approximate surface area is 159 Å². The van der Waals surface area contributed by atoms with Crippen molar-refractivity contribution in [2.24, 2.45) is 0 Å². The SMILES string of the molecule is CC(=C/C(=O)[O-])/C=C/C=C(\C)C1=Cc2cc(-c3ccccc3)ccc2OC1. The molecule has 2 aromatic rings. The van der Waals surface area contributed by atoms with Gasteiger partial charge in [0.25, 0.3) is 0 Å². The van der Waals surface area contributed by atoms with Crippen molar-refractivity contribution in [3.05, 3.63) is 95.1 Å². The first-order valence-electron chi connectivity index (χ1n) is 8.80. The minimum Gasteiger partial charge on any atom is -0.545 e. The third kappa shape index (κ3) is 4.85. The summed E-state index contributed by atoms with van der Waals surface area (Å²) in [7, 11) is 0. The van der Waals surface area contributed by atoms with E-state index in [1.54, 1.807) is 13.0 Å². The summed E-state index contributed by atoms with van der Waals surface area (Å²) in [5.74, 6) is -0.304. The van der Waals surface area contributed by atoms with Crippen LogP contribution in [0.3, 0.4) is 0 Å². The van der Waals surface area contributed by atoms with E-state index in [1.807, 2.05) is 43.3 Å². The molecule has 0 radical (unpaired) electrons. The molecule has 0 spiro atoms. The molecule has 3 nitrogen and oxygen atoms in total. The number of fused-ring (bicyclic) bond motifs is 1. The number of carboxylic acids is 1. The average molecular weight is 357 g/mol. The Hall–Kier alpha value is -3.33. The first-order valence-corrected chi connectivity index (χ1v) is 8.80. The summed E-state index contributed by atoms with van der Waals surface area (Å²) >= 11 is 0. The molecule has 3 rings (SSSR count). The van der Waals surface area contributed by atoms with Gasteiger partial charge in [-0.2, -0.15) is 0 Å². The van der Waals surface area contributed by atoms with Gasteiger partial charge in [-0.3, -0.25) is 0 Å². The second-order valence-electron chi connectivity index (χ2n) is 6.49. The van der Waals surface area contributed by atoms with Crippen molar-refractivity contribution in [1.29, 1.82) is 0 Å². The number of carbonyl (C=O) groups excluding carboxylic acids is 1. The fraction of sp³-hybridized carbons (Fsp3) is 0.125.